The first-order chi connectivity index (χ1) is 14.8. The molecule has 0 fully saturated rings. The van der Waals surface area contributed by atoms with E-state index in [1.54, 1.807) is 42.5 Å². The Morgan fingerprint density at radius 1 is 0.871 bits per heavy atom. The number of carbonyl (C=O) groups is 2. The highest BCUT2D eigenvalue weighted by atomic mass is 35.5. The number of carbonyl (C=O) groups excluding carboxylic acids is 2. The first kappa shape index (κ1) is 20.8. The summed E-state index contributed by atoms with van der Waals surface area (Å²) in [5.41, 5.74) is 2.33. The Morgan fingerprint density at radius 2 is 1.58 bits per heavy atom. The van der Waals surface area contributed by atoms with Crippen LogP contribution >= 0.6 is 11.6 Å². The van der Waals surface area contributed by atoms with E-state index >= 15 is 0 Å². The van der Waals surface area contributed by atoms with Crippen molar-refractivity contribution in [2.75, 3.05) is 10.2 Å². The van der Waals surface area contributed by atoms with Gasteiger partial charge >= 0.3 is 0 Å². The molecular formula is C24H17ClF2N2O2. The molecule has 7 heteroatoms. The van der Waals surface area contributed by atoms with Crippen molar-refractivity contribution in [2.45, 2.75) is 13.8 Å². The molecule has 0 aliphatic carbocycles. The molecule has 0 saturated heterocycles. The highest BCUT2D eigenvalue weighted by Crippen LogP contribution is 2.36. The SMILES string of the molecule is Cc1ccc(C2=C(Nc3cc(Cl)ccc3C)C(=O)N(c3cc(F)ccc3F)C2=O)cc1. The Morgan fingerprint density at radius 3 is 2.29 bits per heavy atom. The van der Waals surface area contributed by atoms with Crippen LogP contribution in [0.2, 0.25) is 5.02 Å². The second kappa shape index (κ2) is 7.96. The molecule has 3 aromatic carbocycles. The molecule has 2 amide bonds. The molecule has 4 rings (SSSR count). The molecule has 4 nitrogen and oxygen atoms in total. The molecule has 1 N–H and O–H groups in total. The average Bonchev–Trinajstić information content (AvgIpc) is 2.97. The second-order valence-corrected chi connectivity index (χ2v) is 7.68. The topological polar surface area (TPSA) is 49.4 Å². The summed E-state index contributed by atoms with van der Waals surface area (Å²) < 4.78 is 28.3. The molecule has 31 heavy (non-hydrogen) atoms. The number of rotatable bonds is 4. The smallest absolute Gasteiger partial charge is 0.282 e. The second-order valence-electron chi connectivity index (χ2n) is 7.24. The van der Waals surface area contributed by atoms with E-state index in [9.17, 15) is 18.4 Å². The first-order valence-electron chi connectivity index (χ1n) is 9.44. The third-order valence-electron chi connectivity index (χ3n) is 5.03. The van der Waals surface area contributed by atoms with Crippen molar-refractivity contribution in [1.29, 1.82) is 0 Å². The number of benzene rings is 3. The van der Waals surface area contributed by atoms with Crippen molar-refractivity contribution < 1.29 is 18.4 Å². The van der Waals surface area contributed by atoms with Crippen LogP contribution < -0.4 is 10.2 Å². The quantitative estimate of drug-likeness (QED) is 0.537. The summed E-state index contributed by atoms with van der Waals surface area (Å²) in [6.07, 6.45) is 0. The number of hydrogen-bond acceptors (Lipinski definition) is 3. The third-order valence-corrected chi connectivity index (χ3v) is 5.27. The largest absolute Gasteiger partial charge is 0.350 e. The van der Waals surface area contributed by atoms with Crippen LogP contribution in [-0.2, 0) is 9.59 Å². The third kappa shape index (κ3) is 3.82. The fourth-order valence-electron chi connectivity index (χ4n) is 3.37. The maximum atomic E-state index is 14.5. The number of halogens is 3. The predicted octanol–water partition coefficient (Wildman–Crippen LogP) is 5.63. The molecule has 0 aromatic heterocycles. The van der Waals surface area contributed by atoms with E-state index in [4.69, 9.17) is 11.6 Å². The van der Waals surface area contributed by atoms with Gasteiger partial charge in [-0.2, -0.15) is 0 Å². The lowest BCUT2D eigenvalue weighted by molar-refractivity contribution is -0.120. The zero-order chi connectivity index (χ0) is 22.3. The average molecular weight is 439 g/mol. The standard InChI is InChI=1S/C24H17ClF2N2O2/c1-13-3-6-15(7-4-13)21-22(28-19-11-16(25)8-5-14(19)2)24(31)29(23(21)30)20-12-17(26)9-10-18(20)27/h3-12,28H,1-2H3. The number of nitrogens with zero attached hydrogens (tertiary/aromatic N) is 1. The van der Waals surface area contributed by atoms with Gasteiger partial charge in [-0.15, -0.1) is 0 Å². The van der Waals surface area contributed by atoms with Gasteiger partial charge < -0.3 is 5.32 Å². The number of anilines is 2. The molecule has 0 saturated carbocycles. The molecule has 0 bridgehead atoms. The number of aryl methyl sites for hydroxylation is 2. The van der Waals surface area contributed by atoms with Gasteiger partial charge in [-0.05, 0) is 49.2 Å². The molecule has 1 aliphatic rings. The first-order valence-corrected chi connectivity index (χ1v) is 9.82. The van der Waals surface area contributed by atoms with Crippen LogP contribution in [-0.4, -0.2) is 11.8 Å². The van der Waals surface area contributed by atoms with Gasteiger partial charge in [0.1, 0.15) is 17.3 Å². The van der Waals surface area contributed by atoms with Gasteiger partial charge in [-0.1, -0.05) is 47.5 Å². The minimum Gasteiger partial charge on any atom is -0.350 e. The lowest BCUT2D eigenvalue weighted by Gasteiger charge is -2.16. The van der Waals surface area contributed by atoms with Crippen LogP contribution in [0.15, 0.2) is 66.4 Å². The van der Waals surface area contributed by atoms with Crippen LogP contribution in [0.5, 0.6) is 0 Å². The van der Waals surface area contributed by atoms with E-state index < -0.39 is 29.1 Å². The lowest BCUT2D eigenvalue weighted by Crippen LogP contribution is -2.33. The van der Waals surface area contributed by atoms with E-state index in [-0.39, 0.29) is 11.3 Å². The fourth-order valence-corrected chi connectivity index (χ4v) is 3.55. The summed E-state index contributed by atoms with van der Waals surface area (Å²) in [6, 6.07) is 14.7. The van der Waals surface area contributed by atoms with Crippen molar-refractivity contribution in [3.63, 3.8) is 0 Å². The van der Waals surface area contributed by atoms with Crippen molar-refractivity contribution >= 4 is 40.4 Å². The van der Waals surface area contributed by atoms with Crippen LogP contribution in [0.3, 0.4) is 0 Å². The number of nitrogens with one attached hydrogen (secondary N) is 1. The van der Waals surface area contributed by atoms with Crippen molar-refractivity contribution in [3.8, 4) is 0 Å². The molecule has 1 aliphatic heterocycles. The Hall–Kier alpha value is -3.51. The minimum absolute atomic E-state index is 0.0390. The molecule has 0 atom stereocenters. The Labute approximate surface area is 182 Å². The fraction of sp³-hybridized carbons (Fsp3) is 0.0833. The molecular weight excluding hydrogens is 422 g/mol. The van der Waals surface area contributed by atoms with E-state index in [1.165, 1.54) is 0 Å². The normalized spacial score (nSPS) is 13.9. The number of amides is 2. The highest BCUT2D eigenvalue weighted by Gasteiger charge is 2.41. The van der Waals surface area contributed by atoms with E-state index in [1.807, 2.05) is 13.8 Å². The highest BCUT2D eigenvalue weighted by molar-refractivity contribution is 6.46. The van der Waals surface area contributed by atoms with Crippen molar-refractivity contribution in [3.05, 3.63) is 99.7 Å². The van der Waals surface area contributed by atoms with Gasteiger partial charge in [-0.25, -0.2) is 13.7 Å². The zero-order valence-corrected chi connectivity index (χ0v) is 17.4. The molecule has 0 unspecified atom stereocenters. The van der Waals surface area contributed by atoms with Gasteiger partial charge in [0.2, 0.25) is 0 Å². The molecule has 1 heterocycles. The van der Waals surface area contributed by atoms with Crippen LogP contribution in [0, 0.1) is 25.5 Å². The summed E-state index contributed by atoms with van der Waals surface area (Å²) >= 11 is 6.09. The van der Waals surface area contributed by atoms with Gasteiger partial charge in [0.25, 0.3) is 11.8 Å². The van der Waals surface area contributed by atoms with Crippen LogP contribution in [0.4, 0.5) is 20.2 Å². The van der Waals surface area contributed by atoms with E-state index in [0.717, 1.165) is 29.3 Å². The monoisotopic (exact) mass is 438 g/mol. The van der Waals surface area contributed by atoms with Crippen molar-refractivity contribution in [1.82, 2.24) is 0 Å². The van der Waals surface area contributed by atoms with Gasteiger partial charge in [0, 0.05) is 16.8 Å². The maximum absolute atomic E-state index is 14.5. The lowest BCUT2D eigenvalue weighted by atomic mass is 10.0. The summed E-state index contributed by atoms with van der Waals surface area (Å²) in [6.45, 7) is 3.71. The van der Waals surface area contributed by atoms with E-state index in [0.29, 0.717) is 21.2 Å². The Balaban J connectivity index is 1.88. The Bertz CT molecular complexity index is 1250. The zero-order valence-electron chi connectivity index (χ0n) is 16.7. The molecule has 156 valence electrons. The summed E-state index contributed by atoms with van der Waals surface area (Å²) in [7, 11) is 0. The molecule has 0 radical (unpaired) electrons. The summed E-state index contributed by atoms with van der Waals surface area (Å²) in [5, 5.41) is 3.43. The van der Waals surface area contributed by atoms with E-state index in [2.05, 4.69) is 5.32 Å². The molecule has 0 spiro atoms. The maximum Gasteiger partial charge on any atom is 0.282 e. The van der Waals surface area contributed by atoms with Gasteiger partial charge in [0.05, 0.1) is 11.3 Å². The van der Waals surface area contributed by atoms with Crippen molar-refractivity contribution in [2.24, 2.45) is 0 Å². The summed E-state index contributed by atoms with van der Waals surface area (Å²) in [5.74, 6) is -3.18. The molecule has 3 aromatic rings. The van der Waals surface area contributed by atoms with Crippen LogP contribution in [0.1, 0.15) is 16.7 Å². The Kier molecular flexibility index (Phi) is 5.33. The van der Waals surface area contributed by atoms with Gasteiger partial charge in [-0.3, -0.25) is 9.59 Å². The minimum atomic E-state index is -0.883. The number of imide groups is 1. The predicted molar refractivity (Wildman–Crippen MR) is 117 cm³/mol. The van der Waals surface area contributed by atoms with Crippen LogP contribution in [0.25, 0.3) is 5.57 Å². The van der Waals surface area contributed by atoms with Gasteiger partial charge in [0.15, 0.2) is 0 Å². The number of hydrogen-bond donors (Lipinski definition) is 1. The summed E-state index contributed by atoms with van der Waals surface area (Å²) in [4.78, 5) is 27.3.